The molecule has 5 nitrogen and oxygen atoms in total. The average Bonchev–Trinajstić information content (AvgIpc) is 2.49. The van der Waals surface area contributed by atoms with Gasteiger partial charge in [0.15, 0.2) is 0 Å². The molecule has 0 aliphatic carbocycles. The van der Waals surface area contributed by atoms with Gasteiger partial charge in [-0.15, -0.1) is 0 Å². The van der Waals surface area contributed by atoms with Crippen molar-refractivity contribution >= 4 is 12.0 Å². The normalized spacial score (nSPS) is 12.8. The molecule has 1 N–H and O–H groups in total. The number of nitrogens with zero attached hydrogens (tertiary/aromatic N) is 1. The third kappa shape index (κ3) is 11.1. The Morgan fingerprint density at radius 3 is 1.80 bits per heavy atom. The Morgan fingerprint density at radius 2 is 1.44 bits per heavy atom. The van der Waals surface area contributed by atoms with E-state index < -0.39 is 17.7 Å². The van der Waals surface area contributed by atoms with Crippen LogP contribution in [-0.4, -0.2) is 41.6 Å². The van der Waals surface area contributed by atoms with Crippen molar-refractivity contribution in [3.05, 3.63) is 0 Å². The maximum absolute atomic E-state index is 13.0. The lowest BCUT2D eigenvalue weighted by molar-refractivity contribution is -0.134. The topological polar surface area (TPSA) is 58.6 Å². The van der Waals surface area contributed by atoms with Gasteiger partial charge in [0, 0.05) is 13.1 Å². The van der Waals surface area contributed by atoms with Crippen LogP contribution in [0.15, 0.2) is 0 Å². The molecule has 0 aliphatic heterocycles. The predicted molar refractivity (Wildman–Crippen MR) is 104 cm³/mol. The summed E-state index contributed by atoms with van der Waals surface area (Å²) in [5.41, 5.74) is -0.573. The Bertz CT molecular complexity index is 379. The van der Waals surface area contributed by atoms with Crippen molar-refractivity contribution in [3.8, 4) is 0 Å². The van der Waals surface area contributed by atoms with Gasteiger partial charge in [-0.2, -0.15) is 0 Å². The Labute approximate surface area is 154 Å². The minimum Gasteiger partial charge on any atom is -0.444 e. The second-order valence-corrected chi connectivity index (χ2v) is 8.11. The molecule has 0 fully saturated rings. The van der Waals surface area contributed by atoms with Gasteiger partial charge >= 0.3 is 6.09 Å². The number of amides is 2. The summed E-state index contributed by atoms with van der Waals surface area (Å²) in [4.78, 5) is 27.1. The minimum absolute atomic E-state index is 0.00747. The lowest BCUT2D eigenvalue weighted by Crippen LogP contribution is -2.52. The molecule has 0 aromatic rings. The van der Waals surface area contributed by atoms with Gasteiger partial charge in [0.2, 0.25) is 5.91 Å². The number of ether oxygens (including phenoxy) is 1. The van der Waals surface area contributed by atoms with Crippen LogP contribution < -0.4 is 5.32 Å². The first-order valence-corrected chi connectivity index (χ1v) is 9.90. The Kier molecular flexibility index (Phi) is 11.5. The number of nitrogens with one attached hydrogen (secondary N) is 1. The average molecular weight is 357 g/mol. The van der Waals surface area contributed by atoms with Crippen LogP contribution in [0.1, 0.15) is 87.0 Å². The van der Waals surface area contributed by atoms with Crippen LogP contribution in [0.25, 0.3) is 0 Å². The first-order chi connectivity index (χ1) is 11.6. The van der Waals surface area contributed by atoms with Crippen LogP contribution in [0.4, 0.5) is 4.79 Å². The number of rotatable bonds is 11. The zero-order chi connectivity index (χ0) is 19.5. The summed E-state index contributed by atoms with van der Waals surface area (Å²) in [5.74, 6) is 0.0212. The molecule has 0 spiro atoms. The highest BCUT2D eigenvalue weighted by molar-refractivity contribution is 5.86. The molecular formula is C20H40N2O3. The summed E-state index contributed by atoms with van der Waals surface area (Å²) >= 11 is 0. The Hall–Kier alpha value is -1.26. The molecule has 0 bridgehead atoms. The van der Waals surface area contributed by atoms with Gasteiger partial charge in [-0.25, -0.2) is 4.79 Å². The van der Waals surface area contributed by atoms with E-state index in [1.807, 2.05) is 39.5 Å². The lowest BCUT2D eigenvalue weighted by atomic mass is 10.0. The van der Waals surface area contributed by atoms with Crippen molar-refractivity contribution in [3.63, 3.8) is 0 Å². The monoisotopic (exact) mass is 356 g/mol. The van der Waals surface area contributed by atoms with E-state index >= 15 is 0 Å². The fraction of sp³-hybridized carbons (Fsp3) is 0.900. The first-order valence-electron chi connectivity index (χ1n) is 9.90. The SMILES string of the molecule is CCCCCN(CCCCC)C(=O)[C@H](NC(=O)OC(C)(C)C)C(C)C. The van der Waals surface area contributed by atoms with Crippen molar-refractivity contribution in [2.75, 3.05) is 13.1 Å². The number of hydrogen-bond donors (Lipinski definition) is 1. The summed E-state index contributed by atoms with van der Waals surface area (Å²) in [7, 11) is 0. The molecule has 1 atom stereocenters. The van der Waals surface area contributed by atoms with Gasteiger partial charge in [-0.1, -0.05) is 53.4 Å². The van der Waals surface area contributed by atoms with Crippen LogP contribution in [0.3, 0.4) is 0 Å². The molecule has 5 heteroatoms. The summed E-state index contributed by atoms with van der Waals surface area (Å²) in [6.07, 6.45) is 5.97. The van der Waals surface area contributed by atoms with E-state index in [1.165, 1.54) is 0 Å². The predicted octanol–water partition coefficient (Wildman–Crippen LogP) is 4.74. The maximum atomic E-state index is 13.0. The molecule has 0 rings (SSSR count). The molecule has 148 valence electrons. The molecule has 0 aliphatic rings. The smallest absolute Gasteiger partial charge is 0.408 e. The van der Waals surface area contributed by atoms with E-state index in [4.69, 9.17) is 4.74 Å². The quantitative estimate of drug-likeness (QED) is 0.544. The molecule has 0 saturated carbocycles. The molecule has 0 saturated heterocycles. The maximum Gasteiger partial charge on any atom is 0.408 e. The highest BCUT2D eigenvalue weighted by Crippen LogP contribution is 2.12. The van der Waals surface area contributed by atoms with Gasteiger partial charge in [0.1, 0.15) is 11.6 Å². The van der Waals surface area contributed by atoms with Gasteiger partial charge < -0.3 is 15.0 Å². The third-order valence-corrected chi connectivity index (χ3v) is 3.98. The second-order valence-electron chi connectivity index (χ2n) is 8.11. The van der Waals surface area contributed by atoms with Gasteiger partial charge in [0.05, 0.1) is 0 Å². The van der Waals surface area contributed by atoms with Crippen LogP contribution in [0, 0.1) is 5.92 Å². The van der Waals surface area contributed by atoms with Gasteiger partial charge in [-0.3, -0.25) is 4.79 Å². The molecule has 0 heterocycles. The standard InChI is InChI=1S/C20H40N2O3/c1-8-10-12-14-22(15-13-11-9-2)18(23)17(16(3)4)21-19(24)25-20(5,6)7/h16-17H,8-15H2,1-7H3,(H,21,24)/t17-/m1/s1. The van der Waals surface area contributed by atoms with Crippen LogP contribution in [0.5, 0.6) is 0 Å². The van der Waals surface area contributed by atoms with E-state index in [1.54, 1.807) is 0 Å². The number of carbonyl (C=O) groups is 2. The number of hydrogen-bond acceptors (Lipinski definition) is 3. The van der Waals surface area contributed by atoms with E-state index in [9.17, 15) is 9.59 Å². The summed E-state index contributed by atoms with van der Waals surface area (Å²) in [5, 5.41) is 2.78. The van der Waals surface area contributed by atoms with Gasteiger partial charge in [-0.05, 0) is 39.5 Å². The Morgan fingerprint density at radius 1 is 0.960 bits per heavy atom. The number of carbonyl (C=O) groups excluding carboxylic acids is 2. The van der Waals surface area contributed by atoms with Gasteiger partial charge in [0.25, 0.3) is 0 Å². The summed E-state index contributed by atoms with van der Waals surface area (Å²) in [6.45, 7) is 15.2. The highest BCUT2D eigenvalue weighted by Gasteiger charge is 2.30. The molecule has 0 unspecified atom stereocenters. The van der Waals surface area contributed by atoms with E-state index in [0.717, 1.165) is 51.6 Å². The molecule has 0 aromatic heterocycles. The van der Waals surface area contributed by atoms with Crippen molar-refractivity contribution < 1.29 is 14.3 Å². The lowest BCUT2D eigenvalue weighted by Gasteiger charge is -2.31. The number of alkyl carbamates (subject to hydrolysis) is 1. The molecule has 2 amide bonds. The fourth-order valence-electron chi connectivity index (χ4n) is 2.58. The zero-order valence-corrected chi connectivity index (χ0v) is 17.5. The van der Waals surface area contributed by atoms with Crippen molar-refractivity contribution in [1.29, 1.82) is 0 Å². The highest BCUT2D eigenvalue weighted by atomic mass is 16.6. The van der Waals surface area contributed by atoms with E-state index in [-0.39, 0.29) is 11.8 Å². The fourth-order valence-corrected chi connectivity index (χ4v) is 2.58. The van der Waals surface area contributed by atoms with E-state index in [2.05, 4.69) is 19.2 Å². The van der Waals surface area contributed by atoms with Crippen molar-refractivity contribution in [1.82, 2.24) is 10.2 Å². The van der Waals surface area contributed by atoms with Crippen LogP contribution >= 0.6 is 0 Å². The largest absolute Gasteiger partial charge is 0.444 e. The summed E-state index contributed by atoms with van der Waals surface area (Å²) in [6, 6.07) is -0.543. The molecule has 0 aromatic carbocycles. The minimum atomic E-state index is -0.573. The summed E-state index contributed by atoms with van der Waals surface area (Å²) < 4.78 is 5.32. The van der Waals surface area contributed by atoms with Crippen LogP contribution in [-0.2, 0) is 9.53 Å². The zero-order valence-electron chi connectivity index (χ0n) is 17.5. The third-order valence-electron chi connectivity index (χ3n) is 3.98. The molecule has 0 radical (unpaired) electrons. The van der Waals surface area contributed by atoms with Crippen LogP contribution in [0.2, 0.25) is 0 Å². The second kappa shape index (κ2) is 12.2. The van der Waals surface area contributed by atoms with E-state index in [0.29, 0.717) is 0 Å². The number of unbranched alkanes of at least 4 members (excludes halogenated alkanes) is 4. The molecular weight excluding hydrogens is 316 g/mol. The Balaban J connectivity index is 4.96. The molecule has 25 heavy (non-hydrogen) atoms. The first kappa shape index (κ1) is 23.7. The van der Waals surface area contributed by atoms with Crippen molar-refractivity contribution in [2.24, 2.45) is 5.92 Å². The van der Waals surface area contributed by atoms with Crippen molar-refractivity contribution in [2.45, 2.75) is 98.6 Å².